The number of nitrogens with two attached hydrogens (primary N) is 1. The van der Waals surface area contributed by atoms with Gasteiger partial charge in [0.2, 0.25) is 9.84 Å². The van der Waals surface area contributed by atoms with Crippen LogP contribution >= 0.6 is 15.9 Å². The highest BCUT2D eigenvalue weighted by atomic mass is 79.9. The minimum absolute atomic E-state index is 0.136. The Morgan fingerprint density at radius 1 is 0.920 bits per heavy atom. The molecule has 0 aliphatic rings. The maximum absolute atomic E-state index is 12.9. The Bertz CT molecular complexity index is 989. The van der Waals surface area contributed by atoms with Gasteiger partial charge in [0, 0.05) is 10.5 Å². The Morgan fingerprint density at radius 3 is 2.32 bits per heavy atom. The summed E-state index contributed by atoms with van der Waals surface area (Å²) in [4.78, 5) is 0.338. The molecule has 128 valence electrons. The van der Waals surface area contributed by atoms with Crippen molar-refractivity contribution in [1.82, 2.24) is 0 Å². The van der Waals surface area contributed by atoms with Crippen LogP contribution < -0.4 is 10.5 Å². The summed E-state index contributed by atoms with van der Waals surface area (Å²) in [6.07, 6.45) is 0. The molecule has 0 bridgehead atoms. The quantitative estimate of drug-likeness (QED) is 0.622. The molecule has 0 saturated heterocycles. The molecule has 0 atom stereocenters. The van der Waals surface area contributed by atoms with Crippen LogP contribution in [0, 0.1) is 0 Å². The molecule has 3 rings (SSSR count). The van der Waals surface area contributed by atoms with Gasteiger partial charge in [-0.05, 0) is 45.8 Å². The predicted molar refractivity (Wildman–Crippen MR) is 101 cm³/mol. The Balaban J connectivity index is 1.92. The first kappa shape index (κ1) is 17.5. The number of rotatable bonds is 5. The third kappa shape index (κ3) is 3.86. The van der Waals surface area contributed by atoms with E-state index in [0.717, 1.165) is 5.56 Å². The lowest BCUT2D eigenvalue weighted by Crippen LogP contribution is -2.05. The Morgan fingerprint density at radius 2 is 1.60 bits per heavy atom. The van der Waals surface area contributed by atoms with Gasteiger partial charge in [0.05, 0.1) is 15.5 Å². The van der Waals surface area contributed by atoms with Gasteiger partial charge in [-0.15, -0.1) is 0 Å². The molecule has 4 nitrogen and oxygen atoms in total. The molecule has 0 heterocycles. The molecule has 3 aromatic rings. The summed E-state index contributed by atoms with van der Waals surface area (Å²) in [5.41, 5.74) is 7.30. The fourth-order valence-corrected chi connectivity index (χ4v) is 4.60. The molecule has 0 amide bonds. The van der Waals surface area contributed by atoms with E-state index in [2.05, 4.69) is 15.9 Å². The number of hydrogen-bond acceptors (Lipinski definition) is 4. The second-order valence-corrected chi connectivity index (χ2v) is 8.18. The first-order chi connectivity index (χ1) is 12.0. The maximum Gasteiger partial charge on any atom is 0.207 e. The third-order valence-electron chi connectivity index (χ3n) is 3.66. The van der Waals surface area contributed by atoms with E-state index in [4.69, 9.17) is 10.5 Å². The summed E-state index contributed by atoms with van der Waals surface area (Å²) in [6, 6.07) is 20.8. The normalized spacial score (nSPS) is 11.2. The van der Waals surface area contributed by atoms with Gasteiger partial charge in [-0.1, -0.05) is 42.5 Å². The number of hydrogen-bond donors (Lipinski definition) is 1. The van der Waals surface area contributed by atoms with Crippen molar-refractivity contribution in [3.05, 3.63) is 82.8 Å². The molecular weight excluding hydrogens is 402 g/mol. The summed E-state index contributed by atoms with van der Waals surface area (Å²) in [7, 11) is -3.67. The van der Waals surface area contributed by atoms with Gasteiger partial charge >= 0.3 is 0 Å². The van der Waals surface area contributed by atoms with Gasteiger partial charge in [0.25, 0.3) is 0 Å². The summed E-state index contributed by atoms with van der Waals surface area (Å²) in [6.45, 7) is 0.309. The lowest BCUT2D eigenvalue weighted by Gasteiger charge is -2.12. The van der Waals surface area contributed by atoms with Gasteiger partial charge < -0.3 is 10.5 Å². The van der Waals surface area contributed by atoms with Crippen LogP contribution in [0.15, 0.2) is 87.1 Å². The van der Waals surface area contributed by atoms with Crippen molar-refractivity contribution in [3.63, 3.8) is 0 Å². The van der Waals surface area contributed by atoms with E-state index >= 15 is 0 Å². The highest BCUT2D eigenvalue weighted by Gasteiger charge is 2.21. The fourth-order valence-electron chi connectivity index (χ4n) is 2.33. The van der Waals surface area contributed by atoms with Crippen molar-refractivity contribution in [1.29, 1.82) is 0 Å². The van der Waals surface area contributed by atoms with E-state index < -0.39 is 9.84 Å². The van der Waals surface area contributed by atoms with Gasteiger partial charge in [-0.25, -0.2) is 8.42 Å². The Hall–Kier alpha value is -2.31. The zero-order valence-electron chi connectivity index (χ0n) is 13.2. The van der Waals surface area contributed by atoms with E-state index in [-0.39, 0.29) is 9.79 Å². The predicted octanol–water partition coefficient (Wildman–Crippen LogP) is 4.44. The summed E-state index contributed by atoms with van der Waals surface area (Å²) >= 11 is 3.29. The molecule has 0 aliphatic heterocycles. The fraction of sp³-hybridized carbons (Fsp3) is 0.0526. The third-order valence-corrected chi connectivity index (χ3v) is 6.42. The van der Waals surface area contributed by atoms with Crippen LogP contribution in [0.4, 0.5) is 5.69 Å². The van der Waals surface area contributed by atoms with E-state index in [0.29, 0.717) is 22.5 Å². The molecule has 0 saturated carbocycles. The highest BCUT2D eigenvalue weighted by Crippen LogP contribution is 2.32. The van der Waals surface area contributed by atoms with E-state index in [1.807, 2.05) is 30.3 Å². The zero-order valence-corrected chi connectivity index (χ0v) is 15.6. The Labute approximate surface area is 155 Å². The molecule has 0 fully saturated rings. The van der Waals surface area contributed by atoms with Crippen molar-refractivity contribution in [2.75, 3.05) is 5.73 Å². The molecule has 0 aromatic heterocycles. The van der Waals surface area contributed by atoms with E-state index in [1.54, 1.807) is 30.3 Å². The first-order valence-corrected chi connectivity index (χ1v) is 9.82. The van der Waals surface area contributed by atoms with Gasteiger partial charge in [-0.2, -0.15) is 0 Å². The average molecular weight is 418 g/mol. The summed E-state index contributed by atoms with van der Waals surface area (Å²) in [5.74, 6) is 0.344. The monoisotopic (exact) mass is 417 g/mol. The van der Waals surface area contributed by atoms with Crippen molar-refractivity contribution >= 4 is 31.5 Å². The molecule has 0 aliphatic carbocycles. The van der Waals surface area contributed by atoms with Crippen molar-refractivity contribution in [2.24, 2.45) is 0 Å². The SMILES string of the molecule is Nc1ccc(S(=O)(=O)c2ccccc2Br)cc1OCc1ccccc1. The second kappa shape index (κ2) is 7.29. The van der Waals surface area contributed by atoms with Crippen LogP contribution in [0.25, 0.3) is 0 Å². The van der Waals surface area contributed by atoms with E-state index in [9.17, 15) is 8.42 Å². The number of halogens is 1. The molecule has 6 heteroatoms. The first-order valence-electron chi connectivity index (χ1n) is 7.54. The number of sulfone groups is 1. The lowest BCUT2D eigenvalue weighted by atomic mass is 10.2. The average Bonchev–Trinajstić information content (AvgIpc) is 2.62. The molecule has 0 spiro atoms. The van der Waals surface area contributed by atoms with E-state index in [1.165, 1.54) is 12.1 Å². The van der Waals surface area contributed by atoms with Crippen molar-refractivity contribution in [3.8, 4) is 5.75 Å². The minimum atomic E-state index is -3.67. The van der Waals surface area contributed by atoms with Crippen LogP contribution in [0.5, 0.6) is 5.75 Å². The van der Waals surface area contributed by atoms with Crippen LogP contribution in [0.1, 0.15) is 5.56 Å². The summed E-state index contributed by atoms with van der Waals surface area (Å²) < 4.78 is 32.0. The molecular formula is C19H16BrNO3S. The zero-order chi connectivity index (χ0) is 17.9. The summed E-state index contributed by atoms with van der Waals surface area (Å²) in [5, 5.41) is 0. The smallest absolute Gasteiger partial charge is 0.207 e. The molecule has 25 heavy (non-hydrogen) atoms. The van der Waals surface area contributed by atoms with Crippen LogP contribution in [-0.2, 0) is 16.4 Å². The van der Waals surface area contributed by atoms with Gasteiger partial charge in [0.15, 0.2) is 0 Å². The molecule has 0 unspecified atom stereocenters. The standard InChI is InChI=1S/C19H16BrNO3S/c20-16-8-4-5-9-19(16)25(22,23)15-10-11-17(21)18(12-15)24-13-14-6-2-1-3-7-14/h1-12H,13,21H2. The molecule has 2 N–H and O–H groups in total. The van der Waals surface area contributed by atoms with Gasteiger partial charge in [0.1, 0.15) is 12.4 Å². The van der Waals surface area contributed by atoms with Gasteiger partial charge in [-0.3, -0.25) is 0 Å². The van der Waals surface area contributed by atoms with Crippen LogP contribution in [0.3, 0.4) is 0 Å². The number of ether oxygens (including phenoxy) is 1. The number of anilines is 1. The van der Waals surface area contributed by atoms with Crippen molar-refractivity contribution < 1.29 is 13.2 Å². The topological polar surface area (TPSA) is 69.4 Å². The number of nitrogen functional groups attached to an aromatic ring is 1. The van der Waals surface area contributed by atoms with Crippen LogP contribution in [0.2, 0.25) is 0 Å². The highest BCUT2D eigenvalue weighted by molar-refractivity contribution is 9.10. The largest absolute Gasteiger partial charge is 0.487 e. The van der Waals surface area contributed by atoms with Crippen molar-refractivity contribution in [2.45, 2.75) is 16.4 Å². The lowest BCUT2D eigenvalue weighted by molar-refractivity contribution is 0.307. The second-order valence-electron chi connectivity index (χ2n) is 5.41. The maximum atomic E-state index is 12.9. The molecule has 3 aromatic carbocycles. The Kier molecular flexibility index (Phi) is 5.11. The minimum Gasteiger partial charge on any atom is -0.487 e. The van der Waals surface area contributed by atoms with Crippen LogP contribution in [-0.4, -0.2) is 8.42 Å². The number of benzene rings is 3. The molecule has 0 radical (unpaired) electrons.